The first-order chi connectivity index (χ1) is 5.16. The van der Waals surface area contributed by atoms with Gasteiger partial charge in [-0.3, -0.25) is 4.79 Å². The summed E-state index contributed by atoms with van der Waals surface area (Å²) in [6.07, 6.45) is 0.518. The van der Waals surface area contributed by atoms with Crippen LogP contribution < -0.4 is 5.32 Å². The zero-order valence-electron chi connectivity index (χ0n) is 7.52. The lowest BCUT2D eigenvalue weighted by Crippen LogP contribution is -2.17. The van der Waals surface area contributed by atoms with Crippen molar-refractivity contribution in [2.24, 2.45) is 5.92 Å². The monoisotopic (exact) mass is 159 g/mol. The predicted molar refractivity (Wildman–Crippen MR) is 44.3 cm³/mol. The van der Waals surface area contributed by atoms with Crippen LogP contribution in [0.4, 0.5) is 0 Å². The van der Waals surface area contributed by atoms with E-state index in [-0.39, 0.29) is 5.97 Å². The van der Waals surface area contributed by atoms with E-state index in [1.807, 2.05) is 20.9 Å². The molecule has 11 heavy (non-hydrogen) atoms. The third kappa shape index (κ3) is 7.33. The van der Waals surface area contributed by atoms with Gasteiger partial charge >= 0.3 is 5.97 Å². The van der Waals surface area contributed by atoms with Crippen LogP contribution in [0.2, 0.25) is 0 Å². The molecule has 3 heteroatoms. The van der Waals surface area contributed by atoms with Gasteiger partial charge in [-0.1, -0.05) is 13.8 Å². The minimum Gasteiger partial charge on any atom is -0.464 e. The van der Waals surface area contributed by atoms with Crippen molar-refractivity contribution in [2.45, 2.75) is 20.3 Å². The third-order valence-corrected chi connectivity index (χ3v) is 1.19. The average molecular weight is 159 g/mol. The van der Waals surface area contributed by atoms with Crippen molar-refractivity contribution in [1.82, 2.24) is 5.32 Å². The molecule has 0 spiro atoms. The van der Waals surface area contributed by atoms with Gasteiger partial charge < -0.3 is 10.1 Å². The topological polar surface area (TPSA) is 38.3 Å². The molecule has 0 aromatic rings. The predicted octanol–water partition coefficient (Wildman–Crippen LogP) is 0.795. The van der Waals surface area contributed by atoms with E-state index in [4.69, 9.17) is 4.74 Å². The summed E-state index contributed by atoms with van der Waals surface area (Å²) >= 11 is 0. The Labute approximate surface area is 68.1 Å². The number of nitrogens with one attached hydrogen (secondary N) is 1. The highest BCUT2D eigenvalue weighted by atomic mass is 16.5. The van der Waals surface area contributed by atoms with Crippen molar-refractivity contribution in [3.8, 4) is 0 Å². The van der Waals surface area contributed by atoms with Crippen molar-refractivity contribution in [3.05, 3.63) is 0 Å². The minimum atomic E-state index is -0.102. The van der Waals surface area contributed by atoms with Crippen LogP contribution in [0.15, 0.2) is 0 Å². The maximum atomic E-state index is 10.9. The molecule has 0 aromatic carbocycles. The molecule has 0 bridgehead atoms. The smallest absolute Gasteiger partial charge is 0.306 e. The Morgan fingerprint density at radius 3 is 2.64 bits per heavy atom. The Morgan fingerprint density at radius 1 is 1.55 bits per heavy atom. The van der Waals surface area contributed by atoms with Gasteiger partial charge in [-0.2, -0.15) is 0 Å². The van der Waals surface area contributed by atoms with E-state index in [0.29, 0.717) is 18.9 Å². The maximum Gasteiger partial charge on any atom is 0.306 e. The van der Waals surface area contributed by atoms with Crippen LogP contribution in [0, 0.1) is 5.92 Å². The molecule has 0 amide bonds. The fourth-order valence-corrected chi connectivity index (χ4v) is 0.659. The number of esters is 1. The van der Waals surface area contributed by atoms with Crippen molar-refractivity contribution >= 4 is 5.97 Å². The first-order valence-electron chi connectivity index (χ1n) is 3.97. The number of hydrogen-bond donors (Lipinski definition) is 1. The molecule has 0 rings (SSSR count). The molecule has 0 unspecified atom stereocenters. The van der Waals surface area contributed by atoms with Gasteiger partial charge in [0.2, 0.25) is 0 Å². The van der Waals surface area contributed by atoms with Crippen LogP contribution in [0.3, 0.4) is 0 Å². The minimum absolute atomic E-state index is 0.102. The second-order valence-corrected chi connectivity index (χ2v) is 2.92. The van der Waals surface area contributed by atoms with Crippen molar-refractivity contribution in [1.29, 1.82) is 0 Å². The summed E-state index contributed by atoms with van der Waals surface area (Å²) < 4.78 is 4.89. The number of hydrogen-bond acceptors (Lipinski definition) is 3. The summed E-state index contributed by atoms with van der Waals surface area (Å²) in [6.45, 7) is 5.20. The second-order valence-electron chi connectivity index (χ2n) is 2.92. The summed E-state index contributed by atoms with van der Waals surface area (Å²) in [5.74, 6) is 0.285. The van der Waals surface area contributed by atoms with Gasteiger partial charge in [0, 0.05) is 13.0 Å². The molecule has 0 saturated heterocycles. The molecular formula is C8H17NO2. The van der Waals surface area contributed by atoms with Crippen molar-refractivity contribution in [2.75, 3.05) is 20.2 Å². The van der Waals surface area contributed by atoms with Gasteiger partial charge in [-0.25, -0.2) is 0 Å². The summed E-state index contributed by atoms with van der Waals surface area (Å²) in [6, 6.07) is 0. The Bertz CT molecular complexity index is 113. The molecule has 1 N–H and O–H groups in total. The number of rotatable bonds is 5. The average Bonchev–Trinajstić information content (AvgIpc) is 1.86. The van der Waals surface area contributed by atoms with E-state index in [1.165, 1.54) is 0 Å². The van der Waals surface area contributed by atoms with Gasteiger partial charge in [0.25, 0.3) is 0 Å². The number of ether oxygens (including phenoxy) is 1. The molecule has 66 valence electrons. The van der Waals surface area contributed by atoms with Gasteiger partial charge in [0.1, 0.15) is 6.61 Å². The quantitative estimate of drug-likeness (QED) is 0.476. The molecule has 0 aromatic heterocycles. The van der Waals surface area contributed by atoms with Gasteiger partial charge in [-0.15, -0.1) is 0 Å². The zero-order valence-corrected chi connectivity index (χ0v) is 7.52. The molecule has 0 fully saturated rings. The summed E-state index contributed by atoms with van der Waals surface area (Å²) in [7, 11) is 1.83. The molecule has 0 heterocycles. The fraction of sp³-hybridized carbons (Fsp3) is 0.875. The summed E-state index contributed by atoms with van der Waals surface area (Å²) in [5, 5.41) is 2.90. The van der Waals surface area contributed by atoms with E-state index >= 15 is 0 Å². The third-order valence-electron chi connectivity index (χ3n) is 1.19. The first-order valence-corrected chi connectivity index (χ1v) is 3.97. The highest BCUT2D eigenvalue weighted by Crippen LogP contribution is 2.00. The van der Waals surface area contributed by atoms with Crippen LogP contribution in [-0.2, 0) is 9.53 Å². The maximum absolute atomic E-state index is 10.9. The van der Waals surface area contributed by atoms with Gasteiger partial charge in [0.15, 0.2) is 0 Å². The van der Waals surface area contributed by atoms with Crippen LogP contribution in [0.25, 0.3) is 0 Å². The number of likely N-dealkylation sites (N-methyl/N-ethyl adjacent to an activating group) is 1. The number of carbonyl (C=O) groups excluding carboxylic acids is 1. The molecule has 0 aliphatic heterocycles. The highest BCUT2D eigenvalue weighted by Gasteiger charge is 2.04. The van der Waals surface area contributed by atoms with Crippen LogP contribution >= 0.6 is 0 Å². The Hall–Kier alpha value is -0.570. The standard InChI is InChI=1S/C8H17NO2/c1-7(2)6-8(10)11-5-4-9-3/h7,9H,4-6H2,1-3H3. The van der Waals surface area contributed by atoms with E-state index in [1.54, 1.807) is 0 Å². The molecule has 0 atom stereocenters. The molecule has 0 aliphatic carbocycles. The van der Waals surface area contributed by atoms with E-state index in [2.05, 4.69) is 5.32 Å². The lowest BCUT2D eigenvalue weighted by atomic mass is 10.1. The normalized spacial score (nSPS) is 10.2. The summed E-state index contributed by atoms with van der Waals surface area (Å²) in [4.78, 5) is 10.9. The van der Waals surface area contributed by atoms with Crippen LogP contribution in [0.1, 0.15) is 20.3 Å². The highest BCUT2D eigenvalue weighted by molar-refractivity contribution is 5.69. The van der Waals surface area contributed by atoms with Crippen LogP contribution in [0.5, 0.6) is 0 Å². The molecule has 0 aliphatic rings. The summed E-state index contributed by atoms with van der Waals surface area (Å²) in [5.41, 5.74) is 0. The fourth-order valence-electron chi connectivity index (χ4n) is 0.659. The van der Waals surface area contributed by atoms with Crippen molar-refractivity contribution in [3.63, 3.8) is 0 Å². The number of carbonyl (C=O) groups is 1. The Morgan fingerprint density at radius 2 is 2.18 bits per heavy atom. The molecule has 3 nitrogen and oxygen atoms in total. The lowest BCUT2D eigenvalue weighted by molar-refractivity contribution is -0.144. The SMILES string of the molecule is CNCCOC(=O)CC(C)C. The van der Waals surface area contributed by atoms with Gasteiger partial charge in [-0.05, 0) is 13.0 Å². The van der Waals surface area contributed by atoms with E-state index in [9.17, 15) is 4.79 Å². The van der Waals surface area contributed by atoms with Crippen LogP contribution in [-0.4, -0.2) is 26.2 Å². The first kappa shape index (κ1) is 10.4. The zero-order chi connectivity index (χ0) is 8.69. The second kappa shape index (κ2) is 6.16. The Balaban J connectivity index is 3.23. The van der Waals surface area contributed by atoms with E-state index < -0.39 is 0 Å². The van der Waals surface area contributed by atoms with Gasteiger partial charge in [0.05, 0.1) is 0 Å². The van der Waals surface area contributed by atoms with E-state index in [0.717, 1.165) is 6.54 Å². The molecule has 0 saturated carbocycles. The Kier molecular flexibility index (Phi) is 5.84. The van der Waals surface area contributed by atoms with Crippen molar-refractivity contribution < 1.29 is 9.53 Å². The molecule has 0 radical (unpaired) electrons. The molecular weight excluding hydrogens is 142 g/mol. The lowest BCUT2D eigenvalue weighted by Gasteiger charge is -2.05. The largest absolute Gasteiger partial charge is 0.464 e.